The second-order valence-electron chi connectivity index (χ2n) is 10.6. The third kappa shape index (κ3) is 7.68. The molecule has 4 rings (SSSR count). The van der Waals surface area contributed by atoms with E-state index in [9.17, 15) is 29.4 Å². The molecule has 0 aliphatic rings. The summed E-state index contributed by atoms with van der Waals surface area (Å²) in [5.74, 6) is -2.58. The fraction of sp³-hybridized carbons (Fsp3) is 0.294. The molecule has 0 saturated carbocycles. The lowest BCUT2D eigenvalue weighted by atomic mass is 9.91. The summed E-state index contributed by atoms with van der Waals surface area (Å²) >= 11 is 0. The van der Waals surface area contributed by atoms with Crippen molar-refractivity contribution in [2.24, 2.45) is 5.92 Å². The van der Waals surface area contributed by atoms with Crippen molar-refractivity contribution in [3.8, 4) is 0 Å². The van der Waals surface area contributed by atoms with Gasteiger partial charge in [0.05, 0.1) is 23.2 Å². The largest absolute Gasteiger partial charge is 0.478 e. The molecule has 0 radical (unpaired) electrons. The van der Waals surface area contributed by atoms with Gasteiger partial charge in [0, 0.05) is 23.4 Å². The van der Waals surface area contributed by atoms with E-state index in [0.29, 0.717) is 41.9 Å². The first-order valence-electron chi connectivity index (χ1n) is 14.6. The average Bonchev–Trinajstić information content (AvgIpc) is 3.32. The maximum absolute atomic E-state index is 13.8. The van der Waals surface area contributed by atoms with Gasteiger partial charge in [0.1, 0.15) is 5.82 Å². The van der Waals surface area contributed by atoms with Gasteiger partial charge >= 0.3 is 11.9 Å². The number of carboxylic acid groups (broad SMARTS) is 2. The van der Waals surface area contributed by atoms with E-state index >= 15 is 0 Å². The Labute approximate surface area is 250 Å². The highest BCUT2D eigenvalue weighted by molar-refractivity contribution is 5.97. The molecular formula is C34H37N3O6. The Bertz CT molecular complexity index is 1640. The number of anilines is 2. The predicted octanol–water partition coefficient (Wildman–Crippen LogP) is 6.81. The number of fused-ring (bicyclic) bond motifs is 1. The molecular weight excluding hydrogens is 546 g/mol. The summed E-state index contributed by atoms with van der Waals surface area (Å²) in [6.45, 7) is 4.19. The van der Waals surface area contributed by atoms with E-state index in [2.05, 4.69) is 10.6 Å². The molecule has 2 amide bonds. The van der Waals surface area contributed by atoms with Crippen LogP contribution in [-0.2, 0) is 22.6 Å². The lowest BCUT2D eigenvalue weighted by Gasteiger charge is -2.19. The third-order valence-corrected chi connectivity index (χ3v) is 7.49. The number of carbonyl (C=O) groups excluding carboxylic acids is 2. The Morgan fingerprint density at radius 3 is 2.21 bits per heavy atom. The van der Waals surface area contributed by atoms with Crippen LogP contribution in [-0.4, -0.2) is 38.5 Å². The van der Waals surface area contributed by atoms with E-state index in [1.165, 1.54) is 6.07 Å². The zero-order valence-electron chi connectivity index (χ0n) is 24.4. The Kier molecular flexibility index (Phi) is 10.3. The van der Waals surface area contributed by atoms with Gasteiger partial charge in [-0.3, -0.25) is 9.59 Å². The van der Waals surface area contributed by atoms with E-state index < -0.39 is 17.9 Å². The molecule has 224 valence electrons. The van der Waals surface area contributed by atoms with Gasteiger partial charge in [0.15, 0.2) is 0 Å². The first-order chi connectivity index (χ1) is 20.7. The number of unbranched alkanes of at least 4 members (excludes halogenated alkanes) is 1. The highest BCUT2D eigenvalue weighted by Crippen LogP contribution is 2.28. The molecule has 1 atom stereocenters. The van der Waals surface area contributed by atoms with Crippen molar-refractivity contribution in [3.63, 3.8) is 0 Å². The Hall–Kier alpha value is -4.92. The number of carbonyl (C=O) groups is 4. The number of amides is 2. The van der Waals surface area contributed by atoms with Crippen LogP contribution >= 0.6 is 0 Å². The van der Waals surface area contributed by atoms with Crippen molar-refractivity contribution in [1.29, 1.82) is 0 Å². The number of para-hydroxylation sites is 1. The van der Waals surface area contributed by atoms with Crippen LogP contribution in [0, 0.1) is 5.92 Å². The Morgan fingerprint density at radius 2 is 1.49 bits per heavy atom. The topological polar surface area (TPSA) is 138 Å². The van der Waals surface area contributed by atoms with Crippen molar-refractivity contribution >= 4 is 46.2 Å². The smallest absolute Gasteiger partial charge is 0.336 e. The number of hydrogen-bond acceptors (Lipinski definition) is 4. The van der Waals surface area contributed by atoms with Gasteiger partial charge < -0.3 is 25.4 Å². The molecule has 3 aromatic carbocycles. The minimum Gasteiger partial charge on any atom is -0.478 e. The number of hydrogen-bond donors (Lipinski definition) is 4. The summed E-state index contributed by atoms with van der Waals surface area (Å²) in [6, 6.07) is 20.9. The van der Waals surface area contributed by atoms with Gasteiger partial charge in [0.25, 0.3) is 0 Å². The van der Waals surface area contributed by atoms with Gasteiger partial charge in [-0.2, -0.15) is 0 Å². The summed E-state index contributed by atoms with van der Waals surface area (Å²) < 4.78 is 1.88. The standard InChI is InChI=1S/C34H37N3O6/c1-3-5-15-31(38)35-26-16-17-28(34(42)43)25(19-26)18-23(10-4-2)32(39)36-30-20-22-11-7-9-14-29(22)37(30)21-24-12-6-8-13-27(24)33(40)41/h6-9,11-14,16-17,19-20,23H,3-5,10,15,18,21H2,1-2H3,(H,35,38)(H,36,39)(H,40,41)(H,42,43). The number of aromatic nitrogens is 1. The van der Waals surface area contributed by atoms with E-state index in [1.54, 1.807) is 36.4 Å². The van der Waals surface area contributed by atoms with Gasteiger partial charge in [-0.15, -0.1) is 0 Å². The highest BCUT2D eigenvalue weighted by atomic mass is 16.4. The minimum atomic E-state index is -1.10. The summed E-state index contributed by atoms with van der Waals surface area (Å²) in [4.78, 5) is 50.0. The second-order valence-corrected chi connectivity index (χ2v) is 10.6. The third-order valence-electron chi connectivity index (χ3n) is 7.49. The summed E-state index contributed by atoms with van der Waals surface area (Å²) in [5.41, 5.74) is 2.66. The molecule has 43 heavy (non-hydrogen) atoms. The van der Waals surface area contributed by atoms with Crippen LogP contribution in [0.5, 0.6) is 0 Å². The molecule has 0 fully saturated rings. The molecule has 1 aromatic heterocycles. The zero-order valence-corrected chi connectivity index (χ0v) is 24.4. The van der Waals surface area contributed by atoms with Crippen LogP contribution in [0.15, 0.2) is 72.8 Å². The number of benzene rings is 3. The van der Waals surface area contributed by atoms with Crippen LogP contribution in [0.2, 0.25) is 0 Å². The maximum Gasteiger partial charge on any atom is 0.336 e. The first kappa shape index (κ1) is 31.0. The first-order valence-corrected chi connectivity index (χ1v) is 14.6. The molecule has 4 N–H and O–H groups in total. The molecule has 9 heteroatoms. The quantitative estimate of drug-likeness (QED) is 0.129. The van der Waals surface area contributed by atoms with Crippen molar-refractivity contribution < 1.29 is 29.4 Å². The van der Waals surface area contributed by atoms with Crippen molar-refractivity contribution in [3.05, 3.63) is 95.1 Å². The second kappa shape index (κ2) is 14.3. The van der Waals surface area contributed by atoms with E-state index in [-0.39, 0.29) is 35.9 Å². The van der Waals surface area contributed by atoms with Crippen LogP contribution in [0.1, 0.15) is 77.8 Å². The van der Waals surface area contributed by atoms with E-state index in [1.807, 2.05) is 48.7 Å². The van der Waals surface area contributed by atoms with Gasteiger partial charge in [-0.1, -0.05) is 63.1 Å². The fourth-order valence-corrected chi connectivity index (χ4v) is 5.30. The lowest BCUT2D eigenvalue weighted by molar-refractivity contribution is -0.120. The molecule has 0 aliphatic heterocycles. The molecule has 0 bridgehead atoms. The Balaban J connectivity index is 1.64. The maximum atomic E-state index is 13.8. The molecule has 0 aliphatic carbocycles. The fourth-order valence-electron chi connectivity index (χ4n) is 5.30. The zero-order chi connectivity index (χ0) is 30.9. The van der Waals surface area contributed by atoms with Crippen LogP contribution < -0.4 is 10.6 Å². The number of nitrogens with zero attached hydrogens (tertiary/aromatic N) is 1. The van der Waals surface area contributed by atoms with Crippen LogP contribution in [0.3, 0.4) is 0 Å². The van der Waals surface area contributed by atoms with Gasteiger partial charge in [-0.05, 0) is 66.8 Å². The summed E-state index contributed by atoms with van der Waals surface area (Å²) in [6.07, 6.45) is 3.39. The van der Waals surface area contributed by atoms with Gasteiger partial charge in [0.2, 0.25) is 11.8 Å². The number of aromatic carboxylic acids is 2. The van der Waals surface area contributed by atoms with Crippen LogP contribution in [0.4, 0.5) is 11.5 Å². The molecule has 9 nitrogen and oxygen atoms in total. The Morgan fingerprint density at radius 1 is 0.791 bits per heavy atom. The highest BCUT2D eigenvalue weighted by Gasteiger charge is 2.24. The summed E-state index contributed by atoms with van der Waals surface area (Å²) in [5, 5.41) is 26.4. The number of nitrogens with one attached hydrogen (secondary N) is 2. The normalized spacial score (nSPS) is 11.7. The monoisotopic (exact) mass is 583 g/mol. The SMILES string of the molecule is CCCCC(=O)Nc1ccc(C(=O)O)c(CC(CCC)C(=O)Nc2cc3ccccc3n2Cc2ccccc2C(=O)O)c1. The average molecular weight is 584 g/mol. The lowest BCUT2D eigenvalue weighted by Crippen LogP contribution is -2.27. The molecule has 1 heterocycles. The van der Waals surface area contributed by atoms with E-state index in [0.717, 1.165) is 23.7 Å². The van der Waals surface area contributed by atoms with Crippen molar-refractivity contribution in [2.45, 2.75) is 58.9 Å². The predicted molar refractivity (Wildman–Crippen MR) is 167 cm³/mol. The van der Waals surface area contributed by atoms with Crippen molar-refractivity contribution in [1.82, 2.24) is 4.57 Å². The van der Waals surface area contributed by atoms with Crippen molar-refractivity contribution in [2.75, 3.05) is 10.6 Å². The molecule has 0 saturated heterocycles. The van der Waals surface area contributed by atoms with Crippen LogP contribution in [0.25, 0.3) is 10.9 Å². The van der Waals surface area contributed by atoms with E-state index in [4.69, 9.17) is 0 Å². The summed E-state index contributed by atoms with van der Waals surface area (Å²) in [7, 11) is 0. The molecule has 0 spiro atoms. The number of carboxylic acids is 2. The van der Waals surface area contributed by atoms with Gasteiger partial charge in [-0.25, -0.2) is 9.59 Å². The number of rotatable bonds is 14. The molecule has 1 unspecified atom stereocenters. The minimum absolute atomic E-state index is 0.0832. The molecule has 4 aromatic rings.